The summed E-state index contributed by atoms with van der Waals surface area (Å²) in [4.78, 5) is 4.39. The summed E-state index contributed by atoms with van der Waals surface area (Å²) < 4.78 is 2.23. The number of aryl methyl sites for hydroxylation is 1. The van der Waals surface area contributed by atoms with E-state index in [0.717, 1.165) is 25.3 Å². The first-order valence-electron chi connectivity index (χ1n) is 5.54. The van der Waals surface area contributed by atoms with Gasteiger partial charge in [-0.2, -0.15) is 0 Å². The molecule has 1 aromatic rings. The second kappa shape index (κ2) is 5.81. The fraction of sp³-hybridized carbons (Fsp3) is 0.727. The third-order valence-electron chi connectivity index (χ3n) is 2.30. The fourth-order valence-electron chi connectivity index (χ4n) is 1.58. The average molecular weight is 195 g/mol. The molecule has 0 spiro atoms. The largest absolute Gasteiger partial charge is 0.334 e. The van der Waals surface area contributed by atoms with Crippen molar-refractivity contribution in [1.82, 2.24) is 14.9 Å². The molecule has 1 heterocycles. The zero-order valence-corrected chi connectivity index (χ0v) is 9.45. The molecule has 0 aliphatic heterocycles. The summed E-state index contributed by atoms with van der Waals surface area (Å²) in [5.74, 6) is 1.15. The van der Waals surface area contributed by atoms with Crippen LogP contribution in [-0.4, -0.2) is 16.1 Å². The molecule has 1 unspecified atom stereocenters. The topological polar surface area (TPSA) is 29.9 Å². The number of nitrogens with zero attached hydrogens (tertiary/aromatic N) is 2. The summed E-state index contributed by atoms with van der Waals surface area (Å²) in [6, 6.07) is 0.358. The maximum Gasteiger partial charge on any atom is 0.125 e. The van der Waals surface area contributed by atoms with Crippen LogP contribution in [0.1, 0.15) is 45.5 Å². The van der Waals surface area contributed by atoms with Gasteiger partial charge in [-0.3, -0.25) is 0 Å². The SMILES string of the molecule is CCCNC(C)c1nccn1CCC. The van der Waals surface area contributed by atoms with Gasteiger partial charge in [0.1, 0.15) is 5.82 Å². The highest BCUT2D eigenvalue weighted by molar-refractivity contribution is 4.97. The Bertz CT molecular complexity index is 255. The minimum atomic E-state index is 0.358. The molecular weight excluding hydrogens is 174 g/mol. The Morgan fingerprint density at radius 3 is 2.86 bits per heavy atom. The molecule has 1 rings (SSSR count). The van der Waals surface area contributed by atoms with Crippen LogP contribution in [0.5, 0.6) is 0 Å². The molecule has 0 saturated carbocycles. The second-order valence-electron chi connectivity index (χ2n) is 3.65. The molecule has 3 nitrogen and oxygen atoms in total. The Balaban J connectivity index is 2.58. The summed E-state index contributed by atoms with van der Waals surface area (Å²) in [6.45, 7) is 8.66. The molecule has 0 aliphatic rings. The quantitative estimate of drug-likeness (QED) is 0.755. The molecule has 0 fully saturated rings. The Morgan fingerprint density at radius 1 is 1.43 bits per heavy atom. The standard InChI is InChI=1S/C11H21N3/c1-4-6-12-10(3)11-13-7-9-14(11)8-5-2/h7,9-10,12H,4-6,8H2,1-3H3. The van der Waals surface area contributed by atoms with Crippen LogP contribution in [0.3, 0.4) is 0 Å². The van der Waals surface area contributed by atoms with E-state index < -0.39 is 0 Å². The highest BCUT2D eigenvalue weighted by Crippen LogP contribution is 2.10. The predicted octanol–water partition coefficient (Wildman–Crippen LogP) is 2.35. The number of aromatic nitrogens is 2. The molecule has 0 radical (unpaired) electrons. The maximum absolute atomic E-state index is 4.39. The Morgan fingerprint density at radius 2 is 2.21 bits per heavy atom. The second-order valence-corrected chi connectivity index (χ2v) is 3.65. The lowest BCUT2D eigenvalue weighted by Crippen LogP contribution is -2.22. The van der Waals surface area contributed by atoms with Crippen molar-refractivity contribution in [3.63, 3.8) is 0 Å². The van der Waals surface area contributed by atoms with E-state index in [1.807, 2.05) is 6.20 Å². The third-order valence-corrected chi connectivity index (χ3v) is 2.30. The maximum atomic E-state index is 4.39. The van der Waals surface area contributed by atoms with Crippen molar-refractivity contribution < 1.29 is 0 Å². The number of hydrogen-bond donors (Lipinski definition) is 1. The van der Waals surface area contributed by atoms with Crippen molar-refractivity contribution in [3.8, 4) is 0 Å². The first-order chi connectivity index (χ1) is 6.79. The number of nitrogens with one attached hydrogen (secondary N) is 1. The summed E-state index contributed by atoms with van der Waals surface area (Å²) in [5, 5.41) is 3.45. The van der Waals surface area contributed by atoms with Gasteiger partial charge in [0.15, 0.2) is 0 Å². The molecule has 0 aliphatic carbocycles. The minimum Gasteiger partial charge on any atom is -0.334 e. The van der Waals surface area contributed by atoms with Crippen LogP contribution in [0, 0.1) is 0 Å². The molecular formula is C11H21N3. The first kappa shape index (κ1) is 11.2. The van der Waals surface area contributed by atoms with Crippen LogP contribution in [0.15, 0.2) is 12.4 Å². The monoisotopic (exact) mass is 195 g/mol. The van der Waals surface area contributed by atoms with Crippen molar-refractivity contribution in [2.75, 3.05) is 6.54 Å². The van der Waals surface area contributed by atoms with Gasteiger partial charge >= 0.3 is 0 Å². The molecule has 14 heavy (non-hydrogen) atoms. The zero-order chi connectivity index (χ0) is 10.4. The van der Waals surface area contributed by atoms with E-state index in [1.54, 1.807) is 0 Å². The minimum absolute atomic E-state index is 0.358. The summed E-state index contributed by atoms with van der Waals surface area (Å²) in [6.07, 6.45) is 6.26. The smallest absolute Gasteiger partial charge is 0.125 e. The van der Waals surface area contributed by atoms with Gasteiger partial charge in [-0.15, -0.1) is 0 Å². The highest BCUT2D eigenvalue weighted by atomic mass is 15.1. The van der Waals surface area contributed by atoms with E-state index >= 15 is 0 Å². The Labute approximate surface area is 86.5 Å². The van der Waals surface area contributed by atoms with Gasteiger partial charge in [-0.05, 0) is 26.3 Å². The van der Waals surface area contributed by atoms with Gasteiger partial charge < -0.3 is 9.88 Å². The molecule has 0 aromatic carbocycles. The summed E-state index contributed by atoms with van der Waals surface area (Å²) >= 11 is 0. The number of hydrogen-bond acceptors (Lipinski definition) is 2. The van der Waals surface area contributed by atoms with Crippen molar-refractivity contribution >= 4 is 0 Å². The number of rotatable bonds is 6. The molecule has 0 saturated heterocycles. The first-order valence-corrected chi connectivity index (χ1v) is 5.54. The normalized spacial score (nSPS) is 13.1. The van der Waals surface area contributed by atoms with Gasteiger partial charge in [0, 0.05) is 18.9 Å². The van der Waals surface area contributed by atoms with Crippen LogP contribution < -0.4 is 5.32 Å². The van der Waals surface area contributed by atoms with Crippen LogP contribution >= 0.6 is 0 Å². The van der Waals surface area contributed by atoms with E-state index in [0.29, 0.717) is 6.04 Å². The number of imidazole rings is 1. The van der Waals surface area contributed by atoms with Crippen molar-refractivity contribution in [2.24, 2.45) is 0 Å². The Hall–Kier alpha value is -0.830. The van der Waals surface area contributed by atoms with Gasteiger partial charge in [0.25, 0.3) is 0 Å². The van der Waals surface area contributed by atoms with Crippen LogP contribution in [-0.2, 0) is 6.54 Å². The average Bonchev–Trinajstić information content (AvgIpc) is 2.63. The lowest BCUT2D eigenvalue weighted by atomic mass is 10.3. The molecule has 80 valence electrons. The van der Waals surface area contributed by atoms with Crippen LogP contribution in [0.25, 0.3) is 0 Å². The zero-order valence-electron chi connectivity index (χ0n) is 9.45. The van der Waals surface area contributed by atoms with E-state index in [9.17, 15) is 0 Å². The van der Waals surface area contributed by atoms with Gasteiger partial charge in [-0.25, -0.2) is 4.98 Å². The van der Waals surface area contributed by atoms with Gasteiger partial charge in [0.2, 0.25) is 0 Å². The fourth-order valence-corrected chi connectivity index (χ4v) is 1.58. The summed E-state index contributed by atoms with van der Waals surface area (Å²) in [5.41, 5.74) is 0. The molecule has 0 amide bonds. The van der Waals surface area contributed by atoms with Gasteiger partial charge in [-0.1, -0.05) is 13.8 Å². The van der Waals surface area contributed by atoms with Crippen LogP contribution in [0.4, 0.5) is 0 Å². The molecule has 1 N–H and O–H groups in total. The predicted molar refractivity (Wildman–Crippen MR) is 59.2 cm³/mol. The van der Waals surface area contributed by atoms with Crippen molar-refractivity contribution in [3.05, 3.63) is 18.2 Å². The Kier molecular flexibility index (Phi) is 4.66. The molecule has 1 atom stereocenters. The lowest BCUT2D eigenvalue weighted by Gasteiger charge is -2.14. The van der Waals surface area contributed by atoms with E-state index in [2.05, 4.69) is 41.8 Å². The van der Waals surface area contributed by atoms with Crippen LogP contribution in [0.2, 0.25) is 0 Å². The van der Waals surface area contributed by atoms with E-state index in [-0.39, 0.29) is 0 Å². The third kappa shape index (κ3) is 2.84. The molecule has 1 aromatic heterocycles. The molecule has 3 heteroatoms. The van der Waals surface area contributed by atoms with Crippen molar-refractivity contribution in [1.29, 1.82) is 0 Å². The lowest BCUT2D eigenvalue weighted by molar-refractivity contribution is 0.508. The highest BCUT2D eigenvalue weighted by Gasteiger charge is 2.09. The van der Waals surface area contributed by atoms with E-state index in [4.69, 9.17) is 0 Å². The van der Waals surface area contributed by atoms with Crippen molar-refractivity contribution in [2.45, 2.75) is 46.2 Å². The summed E-state index contributed by atoms with van der Waals surface area (Å²) in [7, 11) is 0. The van der Waals surface area contributed by atoms with Gasteiger partial charge in [0.05, 0.1) is 6.04 Å². The molecule has 0 bridgehead atoms. The van der Waals surface area contributed by atoms with E-state index in [1.165, 1.54) is 6.42 Å².